The molecule has 2 saturated heterocycles. The van der Waals surface area contributed by atoms with Gasteiger partial charge in [-0.05, 0) is 44.1 Å². The molecule has 2 aliphatic heterocycles. The number of rotatable bonds is 8. The van der Waals surface area contributed by atoms with Crippen LogP contribution in [0.15, 0.2) is 30.3 Å². The van der Waals surface area contributed by atoms with Crippen molar-refractivity contribution in [2.24, 2.45) is 11.8 Å². The number of nitrogens with zero attached hydrogens (tertiary/aromatic N) is 1. The fourth-order valence-electron chi connectivity index (χ4n) is 4.48. The first-order valence-corrected chi connectivity index (χ1v) is 10.5. The topological polar surface area (TPSA) is 116 Å². The van der Waals surface area contributed by atoms with Crippen molar-refractivity contribution in [3.8, 4) is 0 Å². The predicted molar refractivity (Wildman–Crippen MR) is 109 cm³/mol. The molecule has 30 heavy (non-hydrogen) atoms. The summed E-state index contributed by atoms with van der Waals surface area (Å²) in [7, 11) is 0. The average molecular weight is 418 g/mol. The Bertz CT molecular complexity index is 755. The van der Waals surface area contributed by atoms with E-state index in [4.69, 9.17) is 4.74 Å². The number of carboxylic acid groups (broad SMARTS) is 2. The molecule has 0 radical (unpaired) electrons. The Morgan fingerprint density at radius 1 is 1.20 bits per heavy atom. The number of fused-ring (bicyclic) bond motifs is 1. The second-order valence-corrected chi connectivity index (χ2v) is 8.27. The standard InChI is InChI=1S/C22H30N2O6/c1-14(23-18(21(26)27)8-7-15-5-3-2-4-6-15)20(25)24-12-17-13-30-10-9-16(17)11-19(24)22(28)29/h2-6,14,16-19,23H,7-13H2,1H3,(H,26,27)(H,28,29)/t14-,16?,17?,18?,19-/m0/s1. The molecule has 8 heteroatoms. The first-order chi connectivity index (χ1) is 14.4. The minimum atomic E-state index is -1.03. The lowest BCUT2D eigenvalue weighted by molar-refractivity contribution is -0.159. The first kappa shape index (κ1) is 22.2. The van der Waals surface area contributed by atoms with Crippen LogP contribution in [0.4, 0.5) is 0 Å². The number of benzene rings is 1. The molecule has 2 aliphatic rings. The number of amides is 1. The average Bonchev–Trinajstić information content (AvgIpc) is 2.75. The van der Waals surface area contributed by atoms with Crippen LogP contribution in [0, 0.1) is 11.8 Å². The number of carboxylic acids is 2. The second kappa shape index (κ2) is 10.0. The zero-order valence-corrected chi connectivity index (χ0v) is 17.2. The van der Waals surface area contributed by atoms with Gasteiger partial charge in [-0.15, -0.1) is 0 Å². The number of hydrogen-bond donors (Lipinski definition) is 3. The third-order valence-corrected chi connectivity index (χ3v) is 6.22. The molecule has 8 nitrogen and oxygen atoms in total. The molecular weight excluding hydrogens is 388 g/mol. The van der Waals surface area contributed by atoms with Crippen molar-refractivity contribution in [2.75, 3.05) is 19.8 Å². The van der Waals surface area contributed by atoms with Crippen molar-refractivity contribution in [3.63, 3.8) is 0 Å². The second-order valence-electron chi connectivity index (χ2n) is 8.27. The molecule has 3 unspecified atom stereocenters. The van der Waals surface area contributed by atoms with E-state index in [2.05, 4.69) is 5.32 Å². The summed E-state index contributed by atoms with van der Waals surface area (Å²) >= 11 is 0. The molecule has 1 amide bonds. The fourth-order valence-corrected chi connectivity index (χ4v) is 4.48. The van der Waals surface area contributed by atoms with Gasteiger partial charge in [0.25, 0.3) is 0 Å². The summed E-state index contributed by atoms with van der Waals surface area (Å²) in [6, 6.07) is 6.98. The van der Waals surface area contributed by atoms with Crippen LogP contribution in [0.2, 0.25) is 0 Å². The molecule has 0 saturated carbocycles. The molecule has 1 aromatic rings. The number of carbonyl (C=O) groups is 3. The van der Waals surface area contributed by atoms with Gasteiger partial charge in [0, 0.05) is 19.1 Å². The van der Waals surface area contributed by atoms with Crippen molar-refractivity contribution < 1.29 is 29.3 Å². The maximum Gasteiger partial charge on any atom is 0.326 e. The SMILES string of the molecule is C[C@H](NC(CCc1ccccc1)C(=O)O)C(=O)N1CC2COCCC2C[C@H]1C(=O)O. The Morgan fingerprint density at radius 3 is 2.60 bits per heavy atom. The van der Waals surface area contributed by atoms with Crippen LogP contribution in [0.25, 0.3) is 0 Å². The van der Waals surface area contributed by atoms with Crippen molar-refractivity contribution in [1.29, 1.82) is 0 Å². The fraction of sp³-hybridized carbons (Fsp3) is 0.591. The van der Waals surface area contributed by atoms with Crippen LogP contribution in [-0.2, 0) is 25.5 Å². The molecule has 164 valence electrons. The lowest BCUT2D eigenvalue weighted by Crippen LogP contribution is -2.60. The zero-order valence-electron chi connectivity index (χ0n) is 17.2. The Labute approximate surface area is 176 Å². The normalized spacial score (nSPS) is 25.8. The van der Waals surface area contributed by atoms with E-state index < -0.39 is 30.1 Å². The van der Waals surface area contributed by atoms with Gasteiger partial charge in [0.2, 0.25) is 5.91 Å². The molecule has 5 atom stereocenters. The first-order valence-electron chi connectivity index (χ1n) is 10.5. The van der Waals surface area contributed by atoms with Gasteiger partial charge in [-0.3, -0.25) is 14.9 Å². The highest BCUT2D eigenvalue weighted by molar-refractivity contribution is 5.87. The van der Waals surface area contributed by atoms with Gasteiger partial charge in [-0.25, -0.2) is 4.79 Å². The number of nitrogens with one attached hydrogen (secondary N) is 1. The number of aliphatic carboxylic acids is 2. The Kier molecular flexibility index (Phi) is 7.44. The Morgan fingerprint density at radius 2 is 1.93 bits per heavy atom. The number of hydrogen-bond acceptors (Lipinski definition) is 5. The van der Waals surface area contributed by atoms with Crippen molar-refractivity contribution in [2.45, 2.75) is 50.7 Å². The van der Waals surface area contributed by atoms with Gasteiger partial charge in [0.05, 0.1) is 12.6 Å². The Hall–Kier alpha value is -2.45. The van der Waals surface area contributed by atoms with Crippen molar-refractivity contribution in [1.82, 2.24) is 10.2 Å². The Balaban J connectivity index is 1.64. The van der Waals surface area contributed by atoms with Crippen LogP contribution in [-0.4, -0.2) is 70.8 Å². The van der Waals surface area contributed by atoms with E-state index in [1.54, 1.807) is 6.92 Å². The van der Waals surface area contributed by atoms with E-state index in [9.17, 15) is 24.6 Å². The summed E-state index contributed by atoms with van der Waals surface area (Å²) in [5.74, 6) is -2.06. The highest BCUT2D eigenvalue weighted by Gasteiger charge is 2.43. The third-order valence-electron chi connectivity index (χ3n) is 6.22. The number of carbonyl (C=O) groups excluding carboxylic acids is 1. The van der Waals surface area contributed by atoms with Gasteiger partial charge >= 0.3 is 11.9 Å². The van der Waals surface area contributed by atoms with E-state index in [1.165, 1.54) is 4.90 Å². The van der Waals surface area contributed by atoms with Crippen LogP contribution >= 0.6 is 0 Å². The highest BCUT2D eigenvalue weighted by Crippen LogP contribution is 2.34. The lowest BCUT2D eigenvalue weighted by Gasteiger charge is -2.45. The minimum Gasteiger partial charge on any atom is -0.480 e. The molecule has 2 heterocycles. The minimum absolute atomic E-state index is 0.124. The van der Waals surface area contributed by atoms with E-state index in [-0.39, 0.29) is 17.7 Å². The number of piperidine rings is 1. The molecule has 0 aliphatic carbocycles. The molecule has 0 aromatic heterocycles. The van der Waals surface area contributed by atoms with Gasteiger partial charge in [-0.1, -0.05) is 30.3 Å². The van der Waals surface area contributed by atoms with Crippen LogP contribution in [0.3, 0.4) is 0 Å². The van der Waals surface area contributed by atoms with E-state index in [1.807, 2.05) is 30.3 Å². The maximum absolute atomic E-state index is 13.1. The summed E-state index contributed by atoms with van der Waals surface area (Å²) in [5.41, 5.74) is 1.02. The summed E-state index contributed by atoms with van der Waals surface area (Å²) in [6.07, 6.45) is 2.12. The largest absolute Gasteiger partial charge is 0.480 e. The van der Waals surface area contributed by atoms with E-state index in [0.29, 0.717) is 39.0 Å². The van der Waals surface area contributed by atoms with Crippen LogP contribution < -0.4 is 5.32 Å². The molecule has 3 N–H and O–H groups in total. The third kappa shape index (κ3) is 5.37. The number of aryl methyl sites for hydroxylation is 1. The summed E-state index contributed by atoms with van der Waals surface area (Å²) in [5, 5.41) is 22.2. The molecule has 3 rings (SSSR count). The smallest absolute Gasteiger partial charge is 0.326 e. The summed E-state index contributed by atoms with van der Waals surface area (Å²) < 4.78 is 5.51. The zero-order chi connectivity index (χ0) is 21.7. The van der Waals surface area contributed by atoms with Gasteiger partial charge < -0.3 is 19.8 Å². The monoisotopic (exact) mass is 418 g/mol. The van der Waals surface area contributed by atoms with Crippen LogP contribution in [0.1, 0.15) is 31.7 Å². The summed E-state index contributed by atoms with van der Waals surface area (Å²) in [6.45, 7) is 3.08. The van der Waals surface area contributed by atoms with Crippen molar-refractivity contribution in [3.05, 3.63) is 35.9 Å². The molecule has 2 fully saturated rings. The van der Waals surface area contributed by atoms with Crippen molar-refractivity contribution >= 4 is 17.8 Å². The number of likely N-dealkylation sites (tertiary alicyclic amines) is 1. The number of ether oxygens (including phenoxy) is 1. The van der Waals surface area contributed by atoms with Gasteiger partial charge in [0.15, 0.2) is 0 Å². The van der Waals surface area contributed by atoms with Gasteiger partial charge in [0.1, 0.15) is 12.1 Å². The predicted octanol–water partition coefficient (Wildman–Crippen LogP) is 1.39. The van der Waals surface area contributed by atoms with Gasteiger partial charge in [-0.2, -0.15) is 0 Å². The molecular formula is C22H30N2O6. The summed E-state index contributed by atoms with van der Waals surface area (Å²) in [4.78, 5) is 38.0. The quantitative estimate of drug-likeness (QED) is 0.584. The van der Waals surface area contributed by atoms with E-state index in [0.717, 1.165) is 12.0 Å². The molecule has 0 bridgehead atoms. The lowest BCUT2D eigenvalue weighted by atomic mass is 9.79. The molecule has 0 spiro atoms. The molecule has 1 aromatic carbocycles. The highest BCUT2D eigenvalue weighted by atomic mass is 16.5. The van der Waals surface area contributed by atoms with Crippen LogP contribution in [0.5, 0.6) is 0 Å². The van der Waals surface area contributed by atoms with E-state index >= 15 is 0 Å². The maximum atomic E-state index is 13.1.